The van der Waals surface area contributed by atoms with E-state index in [1.165, 1.54) is 5.56 Å². The minimum Gasteiger partial charge on any atom is -0.388 e. The van der Waals surface area contributed by atoms with Crippen molar-refractivity contribution in [2.24, 2.45) is 0 Å². The summed E-state index contributed by atoms with van der Waals surface area (Å²) < 4.78 is 0. The number of nitrogens with zero attached hydrogens (tertiary/aromatic N) is 2. The normalized spacial score (nSPS) is 18.2. The first-order valence-corrected chi connectivity index (χ1v) is 7.45. The summed E-state index contributed by atoms with van der Waals surface area (Å²) in [6.45, 7) is 2.09. The third-order valence-corrected chi connectivity index (χ3v) is 4.89. The molecule has 1 unspecified atom stereocenters. The second-order valence-corrected chi connectivity index (χ2v) is 6.12. The number of aliphatic hydroxyl groups excluding tert-OH is 1. The first-order chi connectivity index (χ1) is 9.15. The van der Waals surface area contributed by atoms with Crippen molar-refractivity contribution in [1.29, 1.82) is 0 Å². The SMILES string of the molecule is Cc1ccc(N(C)c2nc3c(s2)C(O)CCC3)cc1. The molecule has 1 aromatic carbocycles. The summed E-state index contributed by atoms with van der Waals surface area (Å²) in [5.74, 6) is 0. The Morgan fingerprint density at radius 3 is 2.74 bits per heavy atom. The van der Waals surface area contributed by atoms with Crippen molar-refractivity contribution in [1.82, 2.24) is 4.98 Å². The monoisotopic (exact) mass is 274 g/mol. The molecule has 100 valence electrons. The van der Waals surface area contributed by atoms with Crippen molar-refractivity contribution in [2.75, 3.05) is 11.9 Å². The number of rotatable bonds is 2. The van der Waals surface area contributed by atoms with E-state index in [0.717, 1.165) is 40.7 Å². The van der Waals surface area contributed by atoms with Crippen LogP contribution in [0.3, 0.4) is 0 Å². The predicted molar refractivity (Wildman–Crippen MR) is 79.3 cm³/mol. The van der Waals surface area contributed by atoms with E-state index in [1.54, 1.807) is 11.3 Å². The molecule has 19 heavy (non-hydrogen) atoms. The maximum Gasteiger partial charge on any atom is 0.190 e. The van der Waals surface area contributed by atoms with Crippen molar-refractivity contribution >= 4 is 22.2 Å². The van der Waals surface area contributed by atoms with E-state index in [2.05, 4.69) is 41.1 Å². The van der Waals surface area contributed by atoms with Gasteiger partial charge in [0.15, 0.2) is 5.13 Å². The van der Waals surface area contributed by atoms with Crippen LogP contribution in [0.25, 0.3) is 0 Å². The third-order valence-electron chi connectivity index (χ3n) is 3.62. The summed E-state index contributed by atoms with van der Waals surface area (Å²) >= 11 is 1.62. The van der Waals surface area contributed by atoms with Crippen molar-refractivity contribution in [2.45, 2.75) is 32.3 Å². The van der Waals surface area contributed by atoms with Crippen LogP contribution in [0, 0.1) is 6.92 Å². The molecule has 1 atom stereocenters. The lowest BCUT2D eigenvalue weighted by Gasteiger charge is -2.15. The highest BCUT2D eigenvalue weighted by molar-refractivity contribution is 7.15. The highest BCUT2D eigenvalue weighted by Crippen LogP contribution is 2.38. The molecule has 2 aromatic rings. The van der Waals surface area contributed by atoms with Gasteiger partial charge in [0.2, 0.25) is 0 Å². The van der Waals surface area contributed by atoms with Gasteiger partial charge >= 0.3 is 0 Å². The van der Waals surface area contributed by atoms with Crippen LogP contribution in [0.5, 0.6) is 0 Å². The molecule has 0 saturated carbocycles. The number of benzene rings is 1. The highest BCUT2D eigenvalue weighted by atomic mass is 32.1. The smallest absolute Gasteiger partial charge is 0.190 e. The maximum absolute atomic E-state index is 10.0. The molecule has 1 aromatic heterocycles. The maximum atomic E-state index is 10.0. The van der Waals surface area contributed by atoms with Gasteiger partial charge in [0, 0.05) is 12.7 Å². The van der Waals surface area contributed by atoms with Crippen molar-refractivity contribution in [3.05, 3.63) is 40.4 Å². The van der Waals surface area contributed by atoms with Gasteiger partial charge in [-0.25, -0.2) is 4.98 Å². The summed E-state index contributed by atoms with van der Waals surface area (Å²) in [5.41, 5.74) is 3.47. The Morgan fingerprint density at radius 2 is 2.05 bits per heavy atom. The van der Waals surface area contributed by atoms with E-state index in [9.17, 15) is 5.11 Å². The van der Waals surface area contributed by atoms with Crippen LogP contribution in [0.4, 0.5) is 10.8 Å². The molecule has 0 fully saturated rings. The number of fused-ring (bicyclic) bond motifs is 1. The van der Waals surface area contributed by atoms with Gasteiger partial charge in [-0.05, 0) is 38.3 Å². The fraction of sp³-hybridized carbons (Fsp3) is 0.400. The second kappa shape index (κ2) is 4.94. The lowest BCUT2D eigenvalue weighted by Crippen LogP contribution is -2.09. The van der Waals surface area contributed by atoms with Crippen LogP contribution in [0.2, 0.25) is 0 Å². The number of thiazole rings is 1. The minimum absolute atomic E-state index is 0.318. The Labute approximate surface area is 117 Å². The first-order valence-electron chi connectivity index (χ1n) is 6.63. The standard InChI is InChI=1S/C15H18N2OS/c1-10-6-8-11(9-7-10)17(2)15-16-12-4-3-5-13(18)14(12)19-15/h6-9,13,18H,3-5H2,1-2H3. The third kappa shape index (κ3) is 2.38. The van der Waals surface area contributed by atoms with Crippen LogP contribution in [0.1, 0.15) is 35.1 Å². The van der Waals surface area contributed by atoms with E-state index < -0.39 is 0 Å². The summed E-state index contributed by atoms with van der Waals surface area (Å²) in [7, 11) is 2.03. The number of hydrogen-bond donors (Lipinski definition) is 1. The highest BCUT2D eigenvalue weighted by Gasteiger charge is 2.24. The molecule has 1 N–H and O–H groups in total. The molecule has 0 amide bonds. The quantitative estimate of drug-likeness (QED) is 0.909. The number of aryl methyl sites for hydroxylation is 2. The van der Waals surface area contributed by atoms with Crippen molar-refractivity contribution in [3.8, 4) is 0 Å². The Balaban J connectivity index is 1.92. The lowest BCUT2D eigenvalue weighted by atomic mass is 10.0. The molecule has 0 aliphatic heterocycles. The number of hydrogen-bond acceptors (Lipinski definition) is 4. The van der Waals surface area contributed by atoms with Crippen molar-refractivity contribution < 1.29 is 5.11 Å². The number of aromatic nitrogens is 1. The molecule has 0 radical (unpaired) electrons. The lowest BCUT2D eigenvalue weighted by molar-refractivity contribution is 0.160. The van der Waals surface area contributed by atoms with Gasteiger partial charge in [0.05, 0.1) is 16.7 Å². The molecule has 4 heteroatoms. The summed E-state index contributed by atoms with van der Waals surface area (Å²) in [6.07, 6.45) is 2.57. The van der Waals surface area contributed by atoms with Gasteiger partial charge in [-0.1, -0.05) is 29.0 Å². The summed E-state index contributed by atoms with van der Waals surface area (Å²) in [5, 5.41) is 11.0. The molecular weight excluding hydrogens is 256 g/mol. The number of anilines is 2. The molecule has 1 aliphatic rings. The van der Waals surface area contributed by atoms with E-state index in [0.29, 0.717) is 0 Å². The van der Waals surface area contributed by atoms with Crippen LogP contribution in [0.15, 0.2) is 24.3 Å². The predicted octanol–water partition coefficient (Wildman–Crippen LogP) is 3.59. The Kier molecular flexibility index (Phi) is 3.29. The summed E-state index contributed by atoms with van der Waals surface area (Å²) in [6, 6.07) is 8.42. The van der Waals surface area contributed by atoms with E-state index in [1.807, 2.05) is 7.05 Å². The minimum atomic E-state index is -0.318. The molecule has 0 spiro atoms. The zero-order chi connectivity index (χ0) is 13.4. The zero-order valence-electron chi connectivity index (χ0n) is 11.3. The number of aliphatic hydroxyl groups is 1. The van der Waals surface area contributed by atoms with Gasteiger partial charge in [0.25, 0.3) is 0 Å². The average molecular weight is 274 g/mol. The topological polar surface area (TPSA) is 36.4 Å². The summed E-state index contributed by atoms with van der Waals surface area (Å²) in [4.78, 5) is 7.83. The van der Waals surface area contributed by atoms with Crippen LogP contribution >= 0.6 is 11.3 Å². The van der Waals surface area contributed by atoms with Gasteiger partial charge in [-0.2, -0.15) is 0 Å². The van der Waals surface area contributed by atoms with Crippen LogP contribution in [-0.2, 0) is 6.42 Å². The fourth-order valence-electron chi connectivity index (χ4n) is 2.41. The Morgan fingerprint density at radius 1 is 1.32 bits per heavy atom. The largest absolute Gasteiger partial charge is 0.388 e. The molecule has 0 saturated heterocycles. The first kappa shape index (κ1) is 12.6. The molecule has 1 heterocycles. The molecule has 3 nitrogen and oxygen atoms in total. The van der Waals surface area contributed by atoms with E-state index >= 15 is 0 Å². The molecular formula is C15H18N2OS. The molecule has 1 aliphatic carbocycles. The second-order valence-electron chi connectivity index (χ2n) is 5.11. The van der Waals surface area contributed by atoms with Gasteiger partial charge in [-0.15, -0.1) is 0 Å². The fourth-order valence-corrected chi connectivity index (χ4v) is 3.52. The van der Waals surface area contributed by atoms with E-state index in [4.69, 9.17) is 0 Å². The van der Waals surface area contributed by atoms with Gasteiger partial charge in [0.1, 0.15) is 0 Å². The van der Waals surface area contributed by atoms with Crippen molar-refractivity contribution in [3.63, 3.8) is 0 Å². The molecule has 0 bridgehead atoms. The average Bonchev–Trinajstić information content (AvgIpc) is 2.84. The molecule has 3 rings (SSSR count). The van der Waals surface area contributed by atoms with Gasteiger partial charge < -0.3 is 10.0 Å². The van der Waals surface area contributed by atoms with E-state index in [-0.39, 0.29) is 6.10 Å². The zero-order valence-corrected chi connectivity index (χ0v) is 12.1. The van der Waals surface area contributed by atoms with Crippen LogP contribution in [-0.4, -0.2) is 17.1 Å². The van der Waals surface area contributed by atoms with Crippen LogP contribution < -0.4 is 4.90 Å². The van der Waals surface area contributed by atoms with Gasteiger partial charge in [-0.3, -0.25) is 0 Å². The Hall–Kier alpha value is -1.39. The Bertz CT molecular complexity index is 576.